The number of esters is 1. The molecule has 0 N–H and O–H groups in total. The quantitative estimate of drug-likeness (QED) is 0.146. The summed E-state index contributed by atoms with van der Waals surface area (Å²) in [6.07, 6.45) is 14.6. The molecule has 1 aromatic heterocycles. The van der Waals surface area contributed by atoms with Crippen molar-refractivity contribution in [2.45, 2.75) is 91.1 Å². The summed E-state index contributed by atoms with van der Waals surface area (Å²) in [7, 11) is 0. The van der Waals surface area contributed by atoms with Crippen molar-refractivity contribution in [3.05, 3.63) is 66.5 Å². The number of ether oxygens (including phenoxy) is 2. The summed E-state index contributed by atoms with van der Waals surface area (Å²) in [6.45, 7) is 6.69. The van der Waals surface area contributed by atoms with Gasteiger partial charge in [0.1, 0.15) is 0 Å². The molecule has 0 aliphatic carbocycles. The monoisotopic (exact) mass is 502 g/mol. The highest BCUT2D eigenvalue weighted by molar-refractivity contribution is 5.76. The topological polar surface area (TPSA) is 61.3 Å². The fraction of sp³-hybridized carbons (Fsp3) is 0.469. The lowest BCUT2D eigenvalue weighted by atomic mass is 10.00. The largest absolute Gasteiger partial charge is 0.421 e. The van der Waals surface area contributed by atoms with Crippen molar-refractivity contribution in [2.75, 3.05) is 6.61 Å². The molecule has 0 fully saturated rings. The minimum Gasteiger partial charge on any atom is -0.421 e. The first-order valence-corrected chi connectivity index (χ1v) is 14.0. The van der Waals surface area contributed by atoms with Crippen LogP contribution in [0.1, 0.15) is 84.1 Å². The Kier molecular flexibility index (Phi) is 12.3. The highest BCUT2D eigenvalue weighted by Crippen LogP contribution is 2.24. The molecule has 3 rings (SSSR count). The van der Waals surface area contributed by atoms with Crippen molar-refractivity contribution in [1.29, 1.82) is 0 Å². The van der Waals surface area contributed by atoms with Crippen LogP contribution in [0, 0.1) is 0 Å². The van der Waals surface area contributed by atoms with Crippen LogP contribution in [-0.4, -0.2) is 28.6 Å². The van der Waals surface area contributed by atoms with Crippen molar-refractivity contribution in [3.63, 3.8) is 0 Å². The summed E-state index contributed by atoms with van der Waals surface area (Å²) in [4.78, 5) is 21.0. The molecule has 0 bridgehead atoms. The van der Waals surface area contributed by atoms with Gasteiger partial charge >= 0.3 is 5.97 Å². The van der Waals surface area contributed by atoms with Crippen LogP contribution in [0.4, 0.5) is 0 Å². The molecule has 0 saturated carbocycles. The fourth-order valence-electron chi connectivity index (χ4n) is 4.18. The molecule has 2 aromatic carbocycles. The third-order valence-corrected chi connectivity index (χ3v) is 6.54. The van der Waals surface area contributed by atoms with Crippen LogP contribution in [0.5, 0.6) is 5.75 Å². The summed E-state index contributed by atoms with van der Waals surface area (Å²) in [5.74, 6) is 0.473. The zero-order valence-electron chi connectivity index (χ0n) is 22.7. The van der Waals surface area contributed by atoms with Gasteiger partial charge in [-0.15, -0.1) is 0 Å². The average Bonchev–Trinajstić information content (AvgIpc) is 2.93. The first-order valence-electron chi connectivity index (χ1n) is 14.0. The van der Waals surface area contributed by atoms with Gasteiger partial charge in [-0.05, 0) is 42.9 Å². The van der Waals surface area contributed by atoms with Gasteiger partial charge in [-0.3, -0.25) is 0 Å². The number of hydrogen-bond donors (Lipinski definition) is 0. The molecule has 1 heterocycles. The molecule has 0 aliphatic rings. The van der Waals surface area contributed by atoms with Crippen LogP contribution >= 0.6 is 0 Å². The zero-order valence-corrected chi connectivity index (χ0v) is 22.7. The molecule has 37 heavy (non-hydrogen) atoms. The summed E-state index contributed by atoms with van der Waals surface area (Å²) >= 11 is 0. The van der Waals surface area contributed by atoms with E-state index in [1.807, 2.05) is 12.1 Å². The van der Waals surface area contributed by atoms with Gasteiger partial charge in [0.2, 0.25) is 0 Å². The van der Waals surface area contributed by atoms with Crippen molar-refractivity contribution in [2.24, 2.45) is 0 Å². The minimum absolute atomic E-state index is 0.317. The number of benzene rings is 2. The maximum atomic E-state index is 12.3. The number of nitrogens with zero attached hydrogens (tertiary/aromatic N) is 2. The van der Waals surface area contributed by atoms with Crippen LogP contribution < -0.4 is 4.74 Å². The summed E-state index contributed by atoms with van der Waals surface area (Å²) in [5, 5.41) is 0. The van der Waals surface area contributed by atoms with Crippen LogP contribution in [-0.2, 0) is 16.0 Å². The van der Waals surface area contributed by atoms with E-state index in [1.165, 1.54) is 68.5 Å². The predicted molar refractivity (Wildman–Crippen MR) is 151 cm³/mol. The molecule has 0 amide bonds. The number of aryl methyl sites for hydroxylation is 1. The number of hydrogen-bond acceptors (Lipinski definition) is 5. The SMILES string of the molecule is CCCCCCCc1ccc(-c2ccc(-c3ncc(OC(=O)[C@H](C)OCCCCCC)cn3)cc2)cc1. The highest BCUT2D eigenvalue weighted by atomic mass is 16.6. The standard InChI is InChI=1S/C32H42N2O3/c1-4-6-8-10-11-13-26-14-16-27(17-15-26)28-18-20-29(21-19-28)31-33-23-30(24-34-31)37-32(35)25(3)36-22-12-9-7-5-2/h14-21,23-25H,4-13,22H2,1-3H3/t25-/m0/s1. The van der Waals surface area contributed by atoms with Gasteiger partial charge in [0.25, 0.3) is 0 Å². The van der Waals surface area contributed by atoms with Gasteiger partial charge in [0, 0.05) is 12.2 Å². The Balaban J connectivity index is 1.49. The zero-order chi connectivity index (χ0) is 26.3. The predicted octanol–water partition coefficient (Wildman–Crippen LogP) is 8.21. The Bertz CT molecular complexity index is 1050. The van der Waals surface area contributed by atoms with E-state index in [2.05, 4.69) is 60.2 Å². The van der Waals surface area contributed by atoms with E-state index in [1.54, 1.807) is 6.92 Å². The maximum absolute atomic E-state index is 12.3. The maximum Gasteiger partial charge on any atom is 0.340 e. The van der Waals surface area contributed by atoms with E-state index in [0.29, 0.717) is 18.2 Å². The number of carbonyl (C=O) groups excluding carboxylic acids is 1. The van der Waals surface area contributed by atoms with Gasteiger partial charge in [-0.25, -0.2) is 14.8 Å². The van der Waals surface area contributed by atoms with Crippen LogP contribution in [0.2, 0.25) is 0 Å². The lowest BCUT2D eigenvalue weighted by molar-refractivity contribution is -0.146. The number of rotatable bonds is 16. The molecule has 1 atom stereocenters. The highest BCUT2D eigenvalue weighted by Gasteiger charge is 2.16. The normalized spacial score (nSPS) is 11.9. The summed E-state index contributed by atoms with van der Waals surface area (Å²) in [5.41, 5.74) is 4.67. The van der Waals surface area contributed by atoms with Gasteiger partial charge in [0.05, 0.1) is 12.4 Å². The Morgan fingerprint density at radius 3 is 1.89 bits per heavy atom. The molecule has 0 spiro atoms. The van der Waals surface area contributed by atoms with Crippen LogP contribution in [0.25, 0.3) is 22.5 Å². The van der Waals surface area contributed by atoms with E-state index >= 15 is 0 Å². The van der Waals surface area contributed by atoms with E-state index in [0.717, 1.165) is 30.4 Å². The Morgan fingerprint density at radius 2 is 1.27 bits per heavy atom. The molecular weight excluding hydrogens is 460 g/mol. The first kappa shape index (κ1) is 28.5. The molecule has 5 heteroatoms. The van der Waals surface area contributed by atoms with E-state index in [9.17, 15) is 4.79 Å². The van der Waals surface area contributed by atoms with E-state index in [4.69, 9.17) is 9.47 Å². The molecule has 198 valence electrons. The molecule has 5 nitrogen and oxygen atoms in total. The lowest BCUT2D eigenvalue weighted by Gasteiger charge is -2.12. The summed E-state index contributed by atoms with van der Waals surface area (Å²) < 4.78 is 11.0. The number of carbonyl (C=O) groups is 1. The second kappa shape index (κ2) is 15.9. The van der Waals surface area contributed by atoms with Crippen LogP contribution in [0.3, 0.4) is 0 Å². The lowest BCUT2D eigenvalue weighted by Crippen LogP contribution is -2.26. The third-order valence-electron chi connectivity index (χ3n) is 6.54. The number of unbranched alkanes of at least 4 members (excludes halogenated alkanes) is 7. The Labute approximate surface area is 222 Å². The molecule has 0 saturated heterocycles. The Hall–Kier alpha value is -3.05. The third kappa shape index (κ3) is 9.73. The fourth-order valence-corrected chi connectivity index (χ4v) is 4.18. The smallest absolute Gasteiger partial charge is 0.340 e. The molecule has 0 unspecified atom stereocenters. The molecule has 3 aromatic rings. The van der Waals surface area contributed by atoms with Gasteiger partial charge in [-0.2, -0.15) is 0 Å². The van der Waals surface area contributed by atoms with Gasteiger partial charge in [0.15, 0.2) is 17.7 Å². The van der Waals surface area contributed by atoms with Crippen molar-refractivity contribution >= 4 is 5.97 Å². The van der Waals surface area contributed by atoms with Gasteiger partial charge in [-0.1, -0.05) is 107 Å². The van der Waals surface area contributed by atoms with Gasteiger partial charge < -0.3 is 9.47 Å². The number of aromatic nitrogens is 2. The summed E-state index contributed by atoms with van der Waals surface area (Å²) in [6, 6.07) is 17.1. The van der Waals surface area contributed by atoms with Crippen molar-refractivity contribution in [1.82, 2.24) is 9.97 Å². The van der Waals surface area contributed by atoms with E-state index in [-0.39, 0.29) is 0 Å². The van der Waals surface area contributed by atoms with Crippen LogP contribution in [0.15, 0.2) is 60.9 Å². The molecular formula is C32H42N2O3. The molecule has 0 radical (unpaired) electrons. The molecule has 0 aliphatic heterocycles. The van der Waals surface area contributed by atoms with Crippen molar-refractivity contribution < 1.29 is 14.3 Å². The first-order chi connectivity index (χ1) is 18.1. The Morgan fingerprint density at radius 1 is 0.730 bits per heavy atom. The second-order valence-corrected chi connectivity index (χ2v) is 9.68. The van der Waals surface area contributed by atoms with Crippen molar-refractivity contribution in [3.8, 4) is 28.3 Å². The second-order valence-electron chi connectivity index (χ2n) is 9.68. The van der Waals surface area contributed by atoms with E-state index < -0.39 is 12.1 Å². The minimum atomic E-state index is -0.617. The average molecular weight is 503 g/mol.